The number of hydrogen-bond donors (Lipinski definition) is 1. The van der Waals surface area contributed by atoms with E-state index in [-0.39, 0.29) is 17.5 Å². The number of rotatable bonds is 5. The van der Waals surface area contributed by atoms with Crippen molar-refractivity contribution in [3.8, 4) is 0 Å². The highest BCUT2D eigenvalue weighted by Crippen LogP contribution is 2.28. The Kier molecular flexibility index (Phi) is 4.54. The molecule has 0 aliphatic carbocycles. The number of aliphatic hydroxyl groups excluding tert-OH is 1. The zero-order valence-electron chi connectivity index (χ0n) is 10.6. The number of hydrogen-bond acceptors (Lipinski definition) is 3. The molecule has 1 aliphatic rings. The van der Waals surface area contributed by atoms with Crippen LogP contribution in [0.5, 0.6) is 0 Å². The van der Waals surface area contributed by atoms with Crippen LogP contribution in [0.1, 0.15) is 25.7 Å². The molecular weight excluding hydrogens is 269 g/mol. The Morgan fingerprint density at radius 3 is 2.63 bits per heavy atom. The number of benzene rings is 1. The van der Waals surface area contributed by atoms with Crippen molar-refractivity contribution in [2.75, 3.05) is 13.2 Å². The van der Waals surface area contributed by atoms with E-state index in [4.69, 9.17) is 5.11 Å². The fourth-order valence-electron chi connectivity index (χ4n) is 2.48. The van der Waals surface area contributed by atoms with Crippen LogP contribution in [0.4, 0.5) is 4.39 Å². The molecule has 6 heteroatoms. The average molecular weight is 287 g/mol. The molecule has 0 spiro atoms. The third-order valence-corrected chi connectivity index (χ3v) is 5.40. The second kappa shape index (κ2) is 5.98. The van der Waals surface area contributed by atoms with Gasteiger partial charge in [0.1, 0.15) is 5.82 Å². The Balaban J connectivity index is 2.21. The minimum atomic E-state index is -3.55. The van der Waals surface area contributed by atoms with Gasteiger partial charge in [0.15, 0.2) is 0 Å². The summed E-state index contributed by atoms with van der Waals surface area (Å²) in [5.41, 5.74) is 0. The average Bonchev–Trinajstić information content (AvgIpc) is 2.86. The molecule has 1 atom stereocenters. The Morgan fingerprint density at radius 1 is 1.32 bits per heavy atom. The van der Waals surface area contributed by atoms with E-state index < -0.39 is 15.8 Å². The van der Waals surface area contributed by atoms with E-state index in [0.29, 0.717) is 19.4 Å². The van der Waals surface area contributed by atoms with Crippen LogP contribution in [0.25, 0.3) is 0 Å². The van der Waals surface area contributed by atoms with Crippen LogP contribution >= 0.6 is 0 Å². The first-order chi connectivity index (χ1) is 9.05. The van der Waals surface area contributed by atoms with Gasteiger partial charge in [-0.25, -0.2) is 12.8 Å². The molecule has 19 heavy (non-hydrogen) atoms. The number of halogens is 1. The molecule has 106 valence electrons. The molecule has 0 amide bonds. The highest BCUT2D eigenvalue weighted by molar-refractivity contribution is 7.89. The largest absolute Gasteiger partial charge is 0.396 e. The quantitative estimate of drug-likeness (QED) is 0.897. The summed E-state index contributed by atoms with van der Waals surface area (Å²) in [6.45, 7) is 0.566. The number of nitrogens with zero attached hydrogens (tertiary/aromatic N) is 1. The predicted molar refractivity (Wildman–Crippen MR) is 69.6 cm³/mol. The van der Waals surface area contributed by atoms with Gasteiger partial charge in [0.05, 0.1) is 4.90 Å². The maximum Gasteiger partial charge on any atom is 0.243 e. The van der Waals surface area contributed by atoms with Gasteiger partial charge >= 0.3 is 0 Å². The monoisotopic (exact) mass is 287 g/mol. The van der Waals surface area contributed by atoms with E-state index >= 15 is 0 Å². The van der Waals surface area contributed by atoms with E-state index in [1.807, 2.05) is 0 Å². The standard InChI is InChI=1S/C13H18FNO3S/c14-11-5-7-13(8-6-11)19(17,18)15-9-1-3-12(15)4-2-10-16/h5-8,12,16H,1-4,9-10H2. The molecule has 0 aromatic heterocycles. The van der Waals surface area contributed by atoms with Gasteiger partial charge in [-0.15, -0.1) is 0 Å². The summed E-state index contributed by atoms with van der Waals surface area (Å²) in [6.07, 6.45) is 2.91. The molecule has 2 rings (SSSR count). The van der Waals surface area contributed by atoms with Crippen molar-refractivity contribution < 1.29 is 17.9 Å². The minimum Gasteiger partial charge on any atom is -0.396 e. The van der Waals surface area contributed by atoms with E-state index in [2.05, 4.69) is 0 Å². The van der Waals surface area contributed by atoms with Crippen molar-refractivity contribution in [3.63, 3.8) is 0 Å². The van der Waals surface area contributed by atoms with Crippen LogP contribution in [0.2, 0.25) is 0 Å². The second-order valence-electron chi connectivity index (χ2n) is 4.73. The van der Waals surface area contributed by atoms with Crippen molar-refractivity contribution in [1.82, 2.24) is 4.31 Å². The lowest BCUT2D eigenvalue weighted by molar-refractivity contribution is 0.264. The van der Waals surface area contributed by atoms with E-state index in [0.717, 1.165) is 25.0 Å². The Morgan fingerprint density at radius 2 is 2.00 bits per heavy atom. The van der Waals surface area contributed by atoms with Crippen molar-refractivity contribution in [3.05, 3.63) is 30.1 Å². The molecule has 1 aromatic rings. The van der Waals surface area contributed by atoms with Crippen molar-refractivity contribution in [1.29, 1.82) is 0 Å². The SMILES string of the molecule is O=S(=O)(c1ccc(F)cc1)N1CCCC1CCCO. The summed E-state index contributed by atoms with van der Waals surface area (Å²) in [5.74, 6) is -0.447. The number of aliphatic hydroxyl groups is 1. The zero-order chi connectivity index (χ0) is 13.9. The molecular formula is C13H18FNO3S. The number of sulfonamides is 1. The molecule has 1 aliphatic heterocycles. The predicted octanol–water partition coefficient (Wildman–Crippen LogP) is 1.75. The van der Waals surface area contributed by atoms with E-state index in [9.17, 15) is 12.8 Å². The molecule has 1 saturated heterocycles. The molecule has 0 saturated carbocycles. The van der Waals surface area contributed by atoms with Gasteiger partial charge in [0, 0.05) is 19.2 Å². The summed E-state index contributed by atoms with van der Waals surface area (Å²) < 4.78 is 39.3. The molecule has 1 heterocycles. The minimum absolute atomic E-state index is 0.0535. The van der Waals surface area contributed by atoms with Crippen molar-refractivity contribution in [2.24, 2.45) is 0 Å². The van der Waals surface area contributed by atoms with Crippen LogP contribution in [-0.2, 0) is 10.0 Å². The first-order valence-corrected chi connectivity index (χ1v) is 7.88. The van der Waals surface area contributed by atoms with Crippen LogP contribution in [-0.4, -0.2) is 37.0 Å². The maximum absolute atomic E-state index is 12.9. The normalized spacial score (nSPS) is 20.8. The lowest BCUT2D eigenvalue weighted by atomic mass is 10.1. The van der Waals surface area contributed by atoms with Gasteiger partial charge in [-0.1, -0.05) is 0 Å². The summed E-state index contributed by atoms with van der Waals surface area (Å²) in [4.78, 5) is 0.129. The van der Waals surface area contributed by atoms with Crippen LogP contribution in [0, 0.1) is 5.82 Å². The molecule has 1 fully saturated rings. The van der Waals surface area contributed by atoms with Gasteiger partial charge in [-0.3, -0.25) is 0 Å². The maximum atomic E-state index is 12.9. The lowest BCUT2D eigenvalue weighted by Gasteiger charge is -2.23. The molecule has 1 unspecified atom stereocenters. The molecule has 0 bridgehead atoms. The Labute approximate surface area is 112 Å². The first-order valence-electron chi connectivity index (χ1n) is 6.44. The van der Waals surface area contributed by atoms with Crippen LogP contribution < -0.4 is 0 Å². The molecule has 1 N–H and O–H groups in total. The third kappa shape index (κ3) is 3.13. The summed E-state index contributed by atoms with van der Waals surface area (Å²) >= 11 is 0. The fourth-order valence-corrected chi connectivity index (χ4v) is 4.21. The smallest absolute Gasteiger partial charge is 0.243 e. The van der Waals surface area contributed by atoms with Gasteiger partial charge in [0.25, 0.3) is 0 Å². The second-order valence-corrected chi connectivity index (χ2v) is 6.62. The Bertz CT molecular complexity index is 515. The first kappa shape index (κ1) is 14.4. The van der Waals surface area contributed by atoms with Crippen molar-refractivity contribution in [2.45, 2.75) is 36.6 Å². The topological polar surface area (TPSA) is 57.6 Å². The van der Waals surface area contributed by atoms with Gasteiger partial charge < -0.3 is 5.11 Å². The van der Waals surface area contributed by atoms with Crippen molar-refractivity contribution >= 4 is 10.0 Å². The zero-order valence-corrected chi connectivity index (χ0v) is 11.4. The fraction of sp³-hybridized carbons (Fsp3) is 0.538. The third-order valence-electron chi connectivity index (χ3n) is 3.44. The lowest BCUT2D eigenvalue weighted by Crippen LogP contribution is -2.35. The van der Waals surface area contributed by atoms with Gasteiger partial charge in [-0.2, -0.15) is 4.31 Å². The summed E-state index contributed by atoms with van der Waals surface area (Å²) in [7, 11) is -3.55. The summed E-state index contributed by atoms with van der Waals surface area (Å²) in [6, 6.07) is 4.86. The van der Waals surface area contributed by atoms with Crippen LogP contribution in [0.3, 0.4) is 0 Å². The van der Waals surface area contributed by atoms with E-state index in [1.54, 1.807) is 0 Å². The highest BCUT2D eigenvalue weighted by atomic mass is 32.2. The van der Waals surface area contributed by atoms with Gasteiger partial charge in [0.2, 0.25) is 10.0 Å². The van der Waals surface area contributed by atoms with Gasteiger partial charge in [-0.05, 0) is 49.9 Å². The molecule has 0 radical (unpaired) electrons. The Hall–Kier alpha value is -0.980. The van der Waals surface area contributed by atoms with Crippen LogP contribution in [0.15, 0.2) is 29.2 Å². The van der Waals surface area contributed by atoms with E-state index in [1.165, 1.54) is 16.4 Å². The molecule has 4 nitrogen and oxygen atoms in total. The highest BCUT2D eigenvalue weighted by Gasteiger charge is 2.34. The summed E-state index contributed by atoms with van der Waals surface area (Å²) in [5, 5.41) is 8.85. The molecule has 1 aromatic carbocycles.